The second kappa shape index (κ2) is 24.2. The first-order valence-electron chi connectivity index (χ1n) is 21.2. The summed E-state index contributed by atoms with van der Waals surface area (Å²) in [4.78, 5) is 0. The molecule has 0 aliphatic rings. The second-order valence-electron chi connectivity index (χ2n) is 28.5. The summed E-state index contributed by atoms with van der Waals surface area (Å²) in [7, 11) is 0. The Bertz CT molecular complexity index is 705. The van der Waals surface area contributed by atoms with Gasteiger partial charge in [0.25, 0.3) is 0 Å². The Morgan fingerprint density at radius 3 is 0.200 bits per heavy atom. The molecule has 0 bridgehead atoms. The van der Waals surface area contributed by atoms with Crippen LogP contribution in [0.5, 0.6) is 0 Å². The maximum atomic E-state index is 2.43. The van der Waals surface area contributed by atoms with E-state index in [1.54, 1.807) is 0 Å². The summed E-state index contributed by atoms with van der Waals surface area (Å²) < 4.78 is 6.62. The summed E-state index contributed by atoms with van der Waals surface area (Å²) in [5.74, 6) is 0. The monoisotopic (exact) mass is 1200 g/mol. The maximum absolute atomic E-state index is 2.43. The van der Waals surface area contributed by atoms with Crippen LogP contribution >= 0.6 is 0 Å². The van der Waals surface area contributed by atoms with Crippen LogP contribution in [0, 0.1) is 0 Å². The molecule has 0 spiro atoms. The van der Waals surface area contributed by atoms with Crippen molar-refractivity contribution < 1.29 is 0 Å². The molecule has 0 aromatic rings. The Labute approximate surface area is 398 Å². The molecule has 12 radical (unpaired) electrons. The average molecular weight is 1190 g/mol. The third-order valence-electron chi connectivity index (χ3n) is 9.00. The fourth-order valence-corrected chi connectivity index (χ4v) is 70.1. The van der Waals surface area contributed by atoms with E-state index in [9.17, 15) is 0 Å². The van der Waals surface area contributed by atoms with Gasteiger partial charge in [-0.15, -0.1) is 0 Å². The minimum atomic E-state index is -1.10. The number of rotatable bonds is 0. The molecule has 0 unspecified atom stereocenters. The van der Waals surface area contributed by atoms with Gasteiger partial charge in [-0.2, -0.15) is 0 Å². The first kappa shape index (κ1) is 70.5. The van der Waals surface area contributed by atoms with Crippen LogP contribution in [0.25, 0.3) is 0 Å². The number of hydrogen-bond donors (Lipinski definition) is 0. The molecule has 0 saturated carbocycles. The van der Waals surface area contributed by atoms with Crippen LogP contribution in [0.1, 0.15) is 249 Å². The van der Waals surface area contributed by atoms with E-state index in [4.69, 9.17) is 0 Å². The number of hydrogen-bond acceptors (Lipinski definition) is 0. The van der Waals surface area contributed by atoms with Gasteiger partial charge in [-0.05, 0) is 0 Å². The van der Waals surface area contributed by atoms with Gasteiger partial charge in [0.15, 0.2) is 0 Å². The molecule has 0 saturated heterocycles. The average Bonchev–Trinajstić information content (AvgIpc) is 2.61. The first-order chi connectivity index (χ1) is 22.5. The van der Waals surface area contributed by atoms with E-state index in [-0.39, 0.29) is 17.6 Å². The van der Waals surface area contributed by atoms with Crippen molar-refractivity contribution >= 4 is 103 Å². The summed E-state index contributed by atoms with van der Waals surface area (Å²) >= 11 is -0.417. The molecule has 0 N–H and O–H groups in total. The van der Waals surface area contributed by atoms with Crippen molar-refractivity contribution in [2.45, 2.75) is 300 Å². The van der Waals surface area contributed by atoms with Gasteiger partial charge >= 0.3 is 386 Å². The first-order valence-corrected chi connectivity index (χ1v) is 40.3. The standard InChI is InChI=1S/4C12H27Ge.Ge2.Ge/c4*1-10(2,3)13(11(4,5)6)12(7,8)9;1-2;/h4*1-9H3;;. The third kappa shape index (κ3) is 31.3. The van der Waals surface area contributed by atoms with Crippen molar-refractivity contribution in [2.75, 3.05) is 0 Å². The van der Waals surface area contributed by atoms with Gasteiger partial charge in [0.1, 0.15) is 0 Å². The Balaban J connectivity index is -0.000000142. The van der Waals surface area contributed by atoms with E-state index < -0.39 is 57.4 Å². The van der Waals surface area contributed by atoms with Gasteiger partial charge in [0.2, 0.25) is 0 Å². The fraction of sp³-hybridized carbons (Fsp3) is 1.00. The van der Waals surface area contributed by atoms with E-state index in [2.05, 4.69) is 249 Å². The molecule has 0 aliphatic heterocycles. The van der Waals surface area contributed by atoms with Crippen molar-refractivity contribution in [2.24, 2.45) is 0 Å². The van der Waals surface area contributed by atoms with Gasteiger partial charge in [-0.25, -0.2) is 0 Å². The molecule has 0 aliphatic carbocycles. The molecule has 0 amide bonds. The van der Waals surface area contributed by atoms with Gasteiger partial charge in [-0.3, -0.25) is 0 Å². The molecule has 0 heterocycles. The van der Waals surface area contributed by atoms with Crippen LogP contribution in [0.2, 0.25) is 51.0 Å². The zero-order valence-electron chi connectivity index (χ0n) is 45.5. The van der Waals surface area contributed by atoms with Crippen LogP contribution in [0.3, 0.4) is 0 Å². The van der Waals surface area contributed by atoms with E-state index in [1.807, 2.05) is 28.0 Å². The molecule has 0 aromatic heterocycles. The zero-order valence-corrected chi connectivity index (χ0v) is 60.2. The summed E-state index contributed by atoms with van der Waals surface area (Å²) in [5, 5.41) is 0. The Hall–Kier alpha value is 3.80. The van der Waals surface area contributed by atoms with Gasteiger partial charge in [0.05, 0.1) is 0 Å². The van der Waals surface area contributed by atoms with Crippen LogP contribution in [-0.2, 0) is 0 Å². The molecule has 0 aromatic carbocycles. The molecule has 0 rings (SSSR count). The molecular weight excluding hydrogens is 1080 g/mol. The van der Waals surface area contributed by atoms with E-state index >= 15 is 0 Å². The fourth-order valence-electron chi connectivity index (χ4n) is 13.5. The van der Waals surface area contributed by atoms with Crippen molar-refractivity contribution in [1.29, 1.82) is 0 Å². The van der Waals surface area contributed by atoms with Gasteiger partial charge < -0.3 is 0 Å². The molecule has 0 atom stereocenters. The SMILES string of the molecule is C[C](C)(C)[Ge]([C](C)(C)C)[C](C)(C)C.C[C](C)(C)[Ge]([C](C)(C)C)[C](C)(C)C.C[C](C)(C)[Ge]([C](C)(C)C)[C](C)(C)C.C[C](C)(C)[Ge]([C](C)(C)C)[C](C)(C)C.[Ge].[Ge]=[Ge]. The molecule has 0 fully saturated rings. The van der Waals surface area contributed by atoms with E-state index in [0.29, 0.717) is 51.0 Å². The predicted molar refractivity (Wildman–Crippen MR) is 277 cm³/mol. The van der Waals surface area contributed by atoms with Crippen LogP contribution in [0.15, 0.2) is 0 Å². The Kier molecular flexibility index (Phi) is 31.0. The second-order valence-corrected chi connectivity index (χ2v) is 72.6. The normalized spacial score (nSPS) is 14.5. The van der Waals surface area contributed by atoms with Crippen molar-refractivity contribution in [3.63, 3.8) is 0 Å². The summed E-state index contributed by atoms with van der Waals surface area (Å²) in [6.07, 6.45) is 0. The molecule has 328 valence electrons. The van der Waals surface area contributed by atoms with E-state index in [1.165, 1.54) is 0 Å². The third-order valence-corrected chi connectivity index (χ3v) is 46.8. The topological polar surface area (TPSA) is 0 Å². The van der Waals surface area contributed by atoms with Gasteiger partial charge in [0, 0.05) is 17.6 Å². The summed E-state index contributed by atoms with van der Waals surface area (Å²) in [6.45, 7) is 87.5. The van der Waals surface area contributed by atoms with Crippen LogP contribution < -0.4 is 0 Å². The van der Waals surface area contributed by atoms with Crippen LogP contribution in [0.4, 0.5) is 0 Å². The summed E-state index contributed by atoms with van der Waals surface area (Å²) in [5.41, 5.74) is 0. The van der Waals surface area contributed by atoms with Crippen LogP contribution in [-0.4, -0.2) is 103 Å². The molecule has 55 heavy (non-hydrogen) atoms. The zero-order chi connectivity index (χ0) is 46.3. The molecule has 7 heteroatoms. The van der Waals surface area contributed by atoms with Gasteiger partial charge in [-0.1, -0.05) is 0 Å². The molecular formula is C48H108Ge7. The molecule has 0 nitrogen and oxygen atoms in total. The van der Waals surface area contributed by atoms with Crippen molar-refractivity contribution in [1.82, 2.24) is 0 Å². The Morgan fingerprint density at radius 2 is 0.200 bits per heavy atom. The quantitative estimate of drug-likeness (QED) is 0.212. The van der Waals surface area contributed by atoms with E-state index in [0.717, 1.165) is 0 Å². The summed E-state index contributed by atoms with van der Waals surface area (Å²) in [6, 6.07) is 0. The van der Waals surface area contributed by atoms with Crippen molar-refractivity contribution in [3.8, 4) is 0 Å². The Morgan fingerprint density at radius 1 is 0.164 bits per heavy atom. The van der Waals surface area contributed by atoms with Crippen molar-refractivity contribution in [3.05, 3.63) is 0 Å². The minimum absolute atomic E-state index is 0. The predicted octanol–water partition coefficient (Wildman–Crippen LogP) is 18.4.